The molecule has 0 radical (unpaired) electrons. The fourth-order valence-corrected chi connectivity index (χ4v) is 3.29. The lowest BCUT2D eigenvalue weighted by Gasteiger charge is -2.27. The Morgan fingerprint density at radius 2 is 2.00 bits per heavy atom. The summed E-state index contributed by atoms with van der Waals surface area (Å²) in [7, 11) is 0. The van der Waals surface area contributed by atoms with Gasteiger partial charge in [-0.3, -0.25) is 4.79 Å². The van der Waals surface area contributed by atoms with Gasteiger partial charge in [-0.2, -0.15) is 0 Å². The second-order valence-corrected chi connectivity index (χ2v) is 6.12. The fourth-order valence-electron chi connectivity index (χ4n) is 3.29. The molecule has 1 unspecified atom stereocenters. The van der Waals surface area contributed by atoms with Crippen LogP contribution in [0.25, 0.3) is 0 Å². The van der Waals surface area contributed by atoms with E-state index in [4.69, 9.17) is 9.47 Å². The van der Waals surface area contributed by atoms with Gasteiger partial charge in [0.1, 0.15) is 0 Å². The van der Waals surface area contributed by atoms with E-state index < -0.39 is 0 Å². The third kappa shape index (κ3) is 3.89. The molecular weight excluding hydrogens is 340 g/mol. The van der Waals surface area contributed by atoms with E-state index in [-0.39, 0.29) is 31.1 Å². The molecule has 25 heavy (non-hydrogen) atoms. The number of halogens is 1. The zero-order chi connectivity index (χ0) is 16.4. The van der Waals surface area contributed by atoms with Crippen LogP contribution in [0.3, 0.4) is 0 Å². The zero-order valence-corrected chi connectivity index (χ0v) is 14.6. The van der Waals surface area contributed by atoms with Gasteiger partial charge in [-0.05, 0) is 41.8 Å². The van der Waals surface area contributed by atoms with E-state index in [9.17, 15) is 4.79 Å². The monoisotopic (exact) mass is 360 g/mol. The molecule has 2 aliphatic rings. The van der Waals surface area contributed by atoms with Crippen molar-refractivity contribution in [3.8, 4) is 11.5 Å². The first-order valence-corrected chi connectivity index (χ1v) is 8.26. The zero-order valence-electron chi connectivity index (χ0n) is 13.8. The first-order valence-electron chi connectivity index (χ1n) is 8.26. The molecule has 6 heteroatoms. The lowest BCUT2D eigenvalue weighted by atomic mass is 9.94. The summed E-state index contributed by atoms with van der Waals surface area (Å²) >= 11 is 0. The minimum absolute atomic E-state index is 0. The largest absolute Gasteiger partial charge is 0.454 e. The predicted molar refractivity (Wildman–Crippen MR) is 97.4 cm³/mol. The normalized spacial score (nSPS) is 17.4. The summed E-state index contributed by atoms with van der Waals surface area (Å²) in [6.07, 6.45) is 1.38. The quantitative estimate of drug-likeness (QED) is 0.879. The fraction of sp³-hybridized carbons (Fsp3) is 0.316. The van der Waals surface area contributed by atoms with Crippen molar-refractivity contribution in [1.29, 1.82) is 0 Å². The number of nitrogens with one attached hydrogen (secondary N) is 2. The minimum Gasteiger partial charge on any atom is -0.454 e. The van der Waals surface area contributed by atoms with E-state index in [0.717, 1.165) is 24.3 Å². The molecule has 2 aromatic carbocycles. The van der Waals surface area contributed by atoms with Crippen LogP contribution in [0.2, 0.25) is 0 Å². The van der Waals surface area contributed by atoms with Crippen LogP contribution >= 0.6 is 12.4 Å². The Morgan fingerprint density at radius 3 is 2.92 bits per heavy atom. The number of hydrogen-bond acceptors (Lipinski definition) is 4. The summed E-state index contributed by atoms with van der Waals surface area (Å²) < 4.78 is 10.6. The highest BCUT2D eigenvalue weighted by Gasteiger charge is 2.20. The molecule has 0 saturated heterocycles. The summed E-state index contributed by atoms with van der Waals surface area (Å²) in [6.45, 7) is 1.79. The van der Waals surface area contributed by atoms with E-state index in [1.54, 1.807) is 0 Å². The van der Waals surface area contributed by atoms with Gasteiger partial charge >= 0.3 is 0 Å². The van der Waals surface area contributed by atoms with E-state index in [1.165, 1.54) is 11.1 Å². The van der Waals surface area contributed by atoms with E-state index in [0.29, 0.717) is 18.7 Å². The third-order valence-electron chi connectivity index (χ3n) is 4.52. The van der Waals surface area contributed by atoms with Crippen molar-refractivity contribution < 1.29 is 14.3 Å². The molecular formula is C19H21ClN2O3. The van der Waals surface area contributed by atoms with Crippen molar-refractivity contribution in [2.45, 2.75) is 18.9 Å². The Morgan fingerprint density at radius 1 is 1.16 bits per heavy atom. The number of ether oxygens (including phenoxy) is 2. The second-order valence-electron chi connectivity index (χ2n) is 6.12. The third-order valence-corrected chi connectivity index (χ3v) is 4.52. The van der Waals surface area contributed by atoms with Gasteiger partial charge in [0.15, 0.2) is 11.5 Å². The Hall–Kier alpha value is -2.24. The van der Waals surface area contributed by atoms with Crippen molar-refractivity contribution >= 4 is 18.3 Å². The molecule has 0 fully saturated rings. The topological polar surface area (TPSA) is 59.6 Å². The van der Waals surface area contributed by atoms with Crippen molar-refractivity contribution in [2.24, 2.45) is 0 Å². The maximum atomic E-state index is 12.3. The first-order chi connectivity index (χ1) is 11.8. The Balaban J connectivity index is 0.00000182. The number of hydrogen-bond donors (Lipinski definition) is 2. The summed E-state index contributed by atoms with van der Waals surface area (Å²) in [5, 5.41) is 6.51. The smallest absolute Gasteiger partial charge is 0.231 e. The lowest BCUT2D eigenvalue weighted by Crippen LogP contribution is -2.39. The van der Waals surface area contributed by atoms with Crippen LogP contribution in [0.1, 0.15) is 22.7 Å². The van der Waals surface area contributed by atoms with Gasteiger partial charge in [0.2, 0.25) is 12.7 Å². The van der Waals surface area contributed by atoms with Crippen molar-refractivity contribution in [3.63, 3.8) is 0 Å². The molecule has 4 rings (SSSR count). The molecule has 5 nitrogen and oxygen atoms in total. The van der Waals surface area contributed by atoms with E-state index >= 15 is 0 Å². The molecule has 0 aromatic heterocycles. The van der Waals surface area contributed by atoms with Gasteiger partial charge < -0.3 is 20.1 Å². The Kier molecular flexibility index (Phi) is 5.46. The molecule has 0 spiro atoms. The average molecular weight is 361 g/mol. The summed E-state index contributed by atoms with van der Waals surface area (Å²) in [4.78, 5) is 12.3. The summed E-state index contributed by atoms with van der Waals surface area (Å²) in [5.41, 5.74) is 3.58. The molecule has 2 aromatic rings. The first kappa shape index (κ1) is 17.6. The highest BCUT2D eigenvalue weighted by molar-refractivity contribution is 5.85. The van der Waals surface area contributed by atoms with E-state index in [2.05, 4.69) is 28.8 Å². The van der Waals surface area contributed by atoms with Crippen molar-refractivity contribution in [3.05, 3.63) is 59.2 Å². The van der Waals surface area contributed by atoms with Crippen molar-refractivity contribution in [1.82, 2.24) is 10.6 Å². The van der Waals surface area contributed by atoms with Gasteiger partial charge in [-0.15, -0.1) is 12.4 Å². The van der Waals surface area contributed by atoms with Crippen LogP contribution in [0.4, 0.5) is 0 Å². The average Bonchev–Trinajstić information content (AvgIpc) is 3.07. The molecule has 1 atom stereocenters. The molecule has 2 aliphatic heterocycles. The van der Waals surface area contributed by atoms with Gasteiger partial charge in [-0.1, -0.05) is 30.3 Å². The summed E-state index contributed by atoms with van der Waals surface area (Å²) in [6, 6.07) is 14.2. The van der Waals surface area contributed by atoms with Crippen LogP contribution in [0, 0.1) is 0 Å². The SMILES string of the molecule is Cl.O=C(Cc1ccc2c(c1)OCO2)NCC1NCCc2ccccc21. The number of benzene rings is 2. The maximum absolute atomic E-state index is 12.3. The predicted octanol–water partition coefficient (Wildman–Crippen LogP) is 2.38. The number of carbonyl (C=O) groups excluding carboxylic acids is 1. The van der Waals surface area contributed by atoms with Gasteiger partial charge in [-0.25, -0.2) is 0 Å². The highest BCUT2D eigenvalue weighted by atomic mass is 35.5. The van der Waals surface area contributed by atoms with Crippen molar-refractivity contribution in [2.75, 3.05) is 19.9 Å². The Labute approximate surface area is 153 Å². The maximum Gasteiger partial charge on any atom is 0.231 e. The number of rotatable bonds is 4. The van der Waals surface area contributed by atoms with Crippen LogP contribution in [-0.4, -0.2) is 25.8 Å². The molecule has 0 saturated carbocycles. The second kappa shape index (κ2) is 7.76. The Bertz CT molecular complexity index is 766. The lowest BCUT2D eigenvalue weighted by molar-refractivity contribution is -0.120. The molecule has 2 heterocycles. The minimum atomic E-state index is 0. The molecule has 132 valence electrons. The van der Waals surface area contributed by atoms with Gasteiger partial charge in [0.05, 0.1) is 6.42 Å². The van der Waals surface area contributed by atoms with Crippen LogP contribution < -0.4 is 20.1 Å². The van der Waals surface area contributed by atoms with Crippen LogP contribution in [0.15, 0.2) is 42.5 Å². The van der Waals surface area contributed by atoms with Gasteiger partial charge in [0.25, 0.3) is 0 Å². The van der Waals surface area contributed by atoms with Crippen LogP contribution in [-0.2, 0) is 17.6 Å². The summed E-state index contributed by atoms with van der Waals surface area (Å²) in [5.74, 6) is 1.46. The van der Waals surface area contributed by atoms with Crippen LogP contribution in [0.5, 0.6) is 11.5 Å². The molecule has 0 aliphatic carbocycles. The highest BCUT2D eigenvalue weighted by Crippen LogP contribution is 2.32. The number of carbonyl (C=O) groups is 1. The number of fused-ring (bicyclic) bond motifs is 2. The standard InChI is InChI=1S/C19H20N2O3.ClH/c22-19(10-13-5-6-17-18(9-13)24-12-23-17)21-11-16-15-4-2-1-3-14(15)7-8-20-16;/h1-6,9,16,20H,7-8,10-12H2,(H,21,22);1H. The number of amides is 1. The molecule has 1 amide bonds. The molecule has 0 bridgehead atoms. The molecule has 2 N–H and O–H groups in total. The van der Waals surface area contributed by atoms with E-state index in [1.807, 2.05) is 24.3 Å². The van der Waals surface area contributed by atoms with Gasteiger partial charge in [0, 0.05) is 12.6 Å².